The zero-order valence-corrected chi connectivity index (χ0v) is 16.6. The molecule has 0 saturated heterocycles. The second-order valence-electron chi connectivity index (χ2n) is 6.93. The van der Waals surface area contributed by atoms with Crippen molar-refractivity contribution in [2.45, 2.75) is 26.8 Å². The summed E-state index contributed by atoms with van der Waals surface area (Å²) in [6.07, 6.45) is 0.903. The van der Waals surface area contributed by atoms with Crippen molar-refractivity contribution >= 4 is 28.9 Å². The van der Waals surface area contributed by atoms with E-state index in [9.17, 15) is 14.4 Å². The lowest BCUT2D eigenvalue weighted by Gasteiger charge is -2.13. The van der Waals surface area contributed by atoms with Gasteiger partial charge in [0.25, 0.3) is 11.8 Å². The lowest BCUT2D eigenvalue weighted by molar-refractivity contribution is 0.0624. The third kappa shape index (κ3) is 3.10. The second kappa shape index (κ2) is 7.20. The third-order valence-electron chi connectivity index (χ3n) is 5.22. The monoisotopic (exact) mass is 392 g/mol. The van der Waals surface area contributed by atoms with Gasteiger partial charge in [-0.1, -0.05) is 18.2 Å². The van der Waals surface area contributed by atoms with E-state index in [4.69, 9.17) is 0 Å². The van der Waals surface area contributed by atoms with Crippen LogP contribution in [0.3, 0.4) is 0 Å². The fourth-order valence-electron chi connectivity index (χ4n) is 3.72. The van der Waals surface area contributed by atoms with Crippen LogP contribution in [-0.4, -0.2) is 33.6 Å². The number of Topliss-reactive ketones (excluding diaryl/α,β-unsaturated/α-hetero) is 1. The molecule has 6 heteroatoms. The first kappa shape index (κ1) is 18.4. The number of nitrogens with zero attached hydrogens (tertiary/aromatic N) is 2. The number of thiophene rings is 1. The van der Waals surface area contributed by atoms with Crippen molar-refractivity contribution < 1.29 is 14.4 Å². The van der Waals surface area contributed by atoms with Gasteiger partial charge in [-0.05, 0) is 49.9 Å². The standard InChI is InChI=1S/C22H20N2O3S/c1-14-12-19(15(2)23(14)10-9-16-6-5-11-28-16)20(25)13-24-21(26)17-7-3-4-8-18(17)22(24)27/h3-8,11-12H,9-10,13H2,1-2H3. The Morgan fingerprint density at radius 2 is 1.68 bits per heavy atom. The Bertz CT molecular complexity index is 1040. The number of benzene rings is 1. The molecule has 0 unspecified atom stereocenters. The van der Waals surface area contributed by atoms with Crippen LogP contribution in [0.4, 0.5) is 0 Å². The Morgan fingerprint density at radius 3 is 2.29 bits per heavy atom. The quantitative estimate of drug-likeness (QED) is 0.472. The second-order valence-corrected chi connectivity index (χ2v) is 7.96. The molecular weight excluding hydrogens is 372 g/mol. The Kier molecular flexibility index (Phi) is 4.73. The lowest BCUT2D eigenvalue weighted by Crippen LogP contribution is -2.35. The number of carbonyl (C=O) groups is 3. The number of rotatable bonds is 6. The average molecular weight is 392 g/mol. The van der Waals surface area contributed by atoms with Gasteiger partial charge < -0.3 is 4.57 Å². The number of ketones is 1. The van der Waals surface area contributed by atoms with Crippen molar-refractivity contribution in [3.63, 3.8) is 0 Å². The zero-order valence-electron chi connectivity index (χ0n) is 15.8. The van der Waals surface area contributed by atoms with Gasteiger partial charge in [-0.3, -0.25) is 19.3 Å². The average Bonchev–Trinajstić information content (AvgIpc) is 3.36. The molecule has 28 heavy (non-hydrogen) atoms. The molecule has 0 spiro atoms. The van der Waals surface area contributed by atoms with Crippen LogP contribution < -0.4 is 0 Å². The zero-order chi connectivity index (χ0) is 19.8. The third-order valence-corrected chi connectivity index (χ3v) is 6.15. The highest BCUT2D eigenvalue weighted by Gasteiger charge is 2.36. The first-order valence-corrected chi connectivity index (χ1v) is 10.0. The molecule has 1 aliphatic rings. The minimum atomic E-state index is -0.402. The summed E-state index contributed by atoms with van der Waals surface area (Å²) in [5.41, 5.74) is 3.17. The van der Waals surface area contributed by atoms with E-state index in [-0.39, 0.29) is 12.3 Å². The molecule has 2 aromatic heterocycles. The highest BCUT2D eigenvalue weighted by molar-refractivity contribution is 7.09. The first-order valence-electron chi connectivity index (χ1n) is 9.15. The van der Waals surface area contributed by atoms with Crippen molar-refractivity contribution in [2.75, 3.05) is 6.54 Å². The Balaban J connectivity index is 1.52. The molecule has 0 radical (unpaired) electrons. The number of fused-ring (bicyclic) bond motifs is 1. The molecule has 0 atom stereocenters. The maximum absolute atomic E-state index is 12.9. The van der Waals surface area contributed by atoms with Crippen molar-refractivity contribution in [1.82, 2.24) is 9.47 Å². The van der Waals surface area contributed by atoms with Crippen molar-refractivity contribution in [1.29, 1.82) is 0 Å². The summed E-state index contributed by atoms with van der Waals surface area (Å²) in [5, 5.41) is 2.06. The highest BCUT2D eigenvalue weighted by atomic mass is 32.1. The molecule has 0 saturated carbocycles. The number of aryl methyl sites for hydroxylation is 2. The van der Waals surface area contributed by atoms with Gasteiger partial charge in [0, 0.05) is 28.4 Å². The summed E-state index contributed by atoms with van der Waals surface area (Å²) in [5.74, 6) is -1.02. The van der Waals surface area contributed by atoms with Crippen LogP contribution in [0.25, 0.3) is 0 Å². The van der Waals surface area contributed by atoms with E-state index < -0.39 is 11.8 Å². The topological polar surface area (TPSA) is 59.4 Å². The van der Waals surface area contributed by atoms with Gasteiger partial charge in [0.05, 0.1) is 17.7 Å². The van der Waals surface area contributed by atoms with Crippen LogP contribution in [0.15, 0.2) is 47.8 Å². The number of hydrogen-bond acceptors (Lipinski definition) is 4. The molecule has 1 aromatic carbocycles. The SMILES string of the molecule is Cc1cc(C(=O)CN2C(=O)c3ccccc3C2=O)c(C)n1CCc1cccs1. The van der Waals surface area contributed by atoms with E-state index in [1.54, 1.807) is 35.6 Å². The van der Waals surface area contributed by atoms with E-state index in [0.29, 0.717) is 16.7 Å². The molecule has 4 rings (SSSR count). The maximum atomic E-state index is 12.9. The number of hydrogen-bond donors (Lipinski definition) is 0. The van der Waals surface area contributed by atoms with Gasteiger partial charge in [0.1, 0.15) is 0 Å². The largest absolute Gasteiger partial charge is 0.348 e. The van der Waals surface area contributed by atoms with Crippen molar-refractivity contribution in [3.05, 3.63) is 80.8 Å². The van der Waals surface area contributed by atoms with E-state index in [1.165, 1.54) is 4.88 Å². The number of carbonyl (C=O) groups excluding carboxylic acids is 3. The fraction of sp³-hybridized carbons (Fsp3) is 0.227. The summed E-state index contributed by atoms with van der Waals surface area (Å²) in [7, 11) is 0. The molecule has 1 aliphatic heterocycles. The molecule has 142 valence electrons. The van der Waals surface area contributed by atoms with E-state index >= 15 is 0 Å². The molecule has 3 aromatic rings. The molecule has 0 aliphatic carbocycles. The smallest absolute Gasteiger partial charge is 0.261 e. The van der Waals surface area contributed by atoms with Gasteiger partial charge in [0.15, 0.2) is 5.78 Å². The van der Waals surface area contributed by atoms with Crippen LogP contribution in [-0.2, 0) is 13.0 Å². The van der Waals surface area contributed by atoms with E-state index in [1.807, 2.05) is 26.0 Å². The predicted molar refractivity (Wildman–Crippen MR) is 108 cm³/mol. The number of amides is 2. The maximum Gasteiger partial charge on any atom is 0.261 e. The van der Waals surface area contributed by atoms with E-state index in [2.05, 4.69) is 16.0 Å². The van der Waals surface area contributed by atoms with Gasteiger partial charge in [0.2, 0.25) is 0 Å². The molecule has 3 heterocycles. The van der Waals surface area contributed by atoms with Gasteiger partial charge in [-0.15, -0.1) is 11.3 Å². The summed E-state index contributed by atoms with van der Waals surface area (Å²) >= 11 is 1.72. The number of aromatic nitrogens is 1. The van der Waals surface area contributed by atoms with Crippen LogP contribution in [0.1, 0.15) is 47.3 Å². The van der Waals surface area contributed by atoms with Gasteiger partial charge in [-0.2, -0.15) is 0 Å². The summed E-state index contributed by atoms with van der Waals surface area (Å²) in [6, 6.07) is 12.7. The van der Waals surface area contributed by atoms with Gasteiger partial charge in [-0.25, -0.2) is 0 Å². The first-order chi connectivity index (χ1) is 13.5. The summed E-state index contributed by atoms with van der Waals surface area (Å²) in [6.45, 7) is 4.44. The molecule has 0 N–H and O–H groups in total. The van der Waals surface area contributed by atoms with Crippen molar-refractivity contribution in [3.8, 4) is 0 Å². The highest BCUT2D eigenvalue weighted by Crippen LogP contribution is 2.24. The fourth-order valence-corrected chi connectivity index (χ4v) is 4.41. The summed E-state index contributed by atoms with van der Waals surface area (Å²) in [4.78, 5) is 40.3. The van der Waals surface area contributed by atoms with Crippen LogP contribution in [0.5, 0.6) is 0 Å². The Labute approximate surface area is 167 Å². The molecule has 0 bridgehead atoms. The van der Waals surface area contributed by atoms with Crippen LogP contribution in [0, 0.1) is 13.8 Å². The van der Waals surface area contributed by atoms with Crippen LogP contribution >= 0.6 is 11.3 Å². The summed E-state index contributed by atoms with van der Waals surface area (Å²) < 4.78 is 2.12. The predicted octanol–water partition coefficient (Wildman–Crippen LogP) is 3.89. The van der Waals surface area contributed by atoms with Gasteiger partial charge >= 0.3 is 0 Å². The minimum absolute atomic E-state index is 0.218. The number of imide groups is 1. The normalized spacial score (nSPS) is 13.3. The molecular formula is C22H20N2O3S. The lowest BCUT2D eigenvalue weighted by atomic mass is 10.1. The molecule has 5 nitrogen and oxygen atoms in total. The minimum Gasteiger partial charge on any atom is -0.348 e. The van der Waals surface area contributed by atoms with Crippen LogP contribution in [0.2, 0.25) is 0 Å². The Morgan fingerprint density at radius 1 is 1.00 bits per heavy atom. The van der Waals surface area contributed by atoms with E-state index in [0.717, 1.165) is 29.3 Å². The molecule has 0 fully saturated rings. The van der Waals surface area contributed by atoms with Crippen molar-refractivity contribution in [2.24, 2.45) is 0 Å². The molecule has 2 amide bonds. The Hall–Kier alpha value is -2.99.